The Labute approximate surface area is 122 Å². The molecule has 1 heterocycles. The Hall–Kier alpha value is -2.12. The summed E-state index contributed by atoms with van der Waals surface area (Å²) in [5, 5.41) is 14.3. The van der Waals surface area contributed by atoms with Gasteiger partial charge in [0, 0.05) is 26.2 Å². The summed E-state index contributed by atoms with van der Waals surface area (Å²) in [4.78, 5) is 25.0. The molecule has 0 radical (unpaired) electrons. The Morgan fingerprint density at radius 2 is 1.95 bits per heavy atom. The molecule has 1 fully saturated rings. The maximum atomic E-state index is 11.8. The van der Waals surface area contributed by atoms with Crippen molar-refractivity contribution >= 4 is 17.7 Å². The molecule has 0 aromatic heterocycles. The summed E-state index contributed by atoms with van der Waals surface area (Å²) in [6, 6.07) is 5.90. The molecule has 1 saturated heterocycles. The third kappa shape index (κ3) is 4.73. The molecule has 0 spiro atoms. The minimum Gasteiger partial charge on any atom is -0.478 e. The van der Waals surface area contributed by atoms with Crippen molar-refractivity contribution in [2.45, 2.75) is 0 Å². The van der Waals surface area contributed by atoms with Crippen LogP contribution in [-0.2, 0) is 4.74 Å². The van der Waals surface area contributed by atoms with E-state index in [-0.39, 0.29) is 11.3 Å². The summed E-state index contributed by atoms with van der Waals surface area (Å²) in [5.41, 5.74) is 0.356. The predicted octanol–water partition coefficient (Wildman–Crippen LogP) is 0.838. The number of rotatable bonds is 5. The van der Waals surface area contributed by atoms with Gasteiger partial charge < -0.3 is 20.5 Å². The van der Waals surface area contributed by atoms with E-state index in [1.165, 1.54) is 6.07 Å². The van der Waals surface area contributed by atoms with Gasteiger partial charge in [-0.3, -0.25) is 4.90 Å². The molecule has 0 atom stereocenters. The molecular weight excluding hydrogens is 274 g/mol. The molecule has 2 rings (SSSR count). The second-order valence-corrected chi connectivity index (χ2v) is 4.69. The number of anilines is 1. The van der Waals surface area contributed by atoms with Crippen LogP contribution in [0.15, 0.2) is 24.3 Å². The molecule has 0 aliphatic carbocycles. The van der Waals surface area contributed by atoms with Crippen LogP contribution in [0.2, 0.25) is 0 Å². The highest BCUT2D eigenvalue weighted by molar-refractivity contribution is 5.99. The first kappa shape index (κ1) is 15.3. The van der Waals surface area contributed by atoms with Crippen LogP contribution in [0.25, 0.3) is 0 Å². The molecule has 1 aromatic rings. The lowest BCUT2D eigenvalue weighted by Crippen LogP contribution is -2.42. The highest BCUT2D eigenvalue weighted by Gasteiger charge is 2.12. The zero-order valence-corrected chi connectivity index (χ0v) is 11.7. The van der Waals surface area contributed by atoms with Crippen LogP contribution in [0.3, 0.4) is 0 Å². The lowest BCUT2D eigenvalue weighted by atomic mass is 10.2. The number of urea groups is 1. The SMILES string of the molecule is O=C(NCCN1CCOCC1)Nc1ccccc1C(=O)O. The predicted molar refractivity (Wildman–Crippen MR) is 77.7 cm³/mol. The number of carbonyl (C=O) groups excluding carboxylic acids is 1. The quantitative estimate of drug-likeness (QED) is 0.748. The van der Waals surface area contributed by atoms with Gasteiger partial charge >= 0.3 is 12.0 Å². The van der Waals surface area contributed by atoms with E-state index in [1.807, 2.05) is 0 Å². The van der Waals surface area contributed by atoms with Crippen LogP contribution >= 0.6 is 0 Å². The number of nitrogens with zero attached hydrogens (tertiary/aromatic N) is 1. The molecule has 1 aromatic carbocycles. The van der Waals surface area contributed by atoms with Crippen molar-refractivity contribution in [3.05, 3.63) is 29.8 Å². The molecule has 0 saturated carbocycles. The lowest BCUT2D eigenvalue weighted by molar-refractivity contribution is 0.0388. The van der Waals surface area contributed by atoms with Crippen LogP contribution in [0.1, 0.15) is 10.4 Å². The Balaban J connectivity index is 1.78. The number of morpholine rings is 1. The first-order valence-electron chi connectivity index (χ1n) is 6.84. The second kappa shape index (κ2) is 7.61. The molecule has 1 aliphatic rings. The van der Waals surface area contributed by atoms with Crippen molar-refractivity contribution in [2.75, 3.05) is 44.7 Å². The van der Waals surface area contributed by atoms with Crippen LogP contribution in [-0.4, -0.2) is 61.4 Å². The van der Waals surface area contributed by atoms with Crippen molar-refractivity contribution in [2.24, 2.45) is 0 Å². The van der Waals surface area contributed by atoms with E-state index in [0.717, 1.165) is 32.8 Å². The van der Waals surface area contributed by atoms with Gasteiger partial charge in [-0.15, -0.1) is 0 Å². The Morgan fingerprint density at radius 1 is 1.24 bits per heavy atom. The molecule has 0 bridgehead atoms. The summed E-state index contributed by atoms with van der Waals surface area (Å²) < 4.78 is 5.24. The van der Waals surface area contributed by atoms with Gasteiger partial charge in [0.1, 0.15) is 0 Å². The third-order valence-electron chi connectivity index (χ3n) is 3.22. The normalized spacial score (nSPS) is 15.4. The summed E-state index contributed by atoms with van der Waals surface area (Å²) in [6.45, 7) is 4.42. The van der Waals surface area contributed by atoms with Gasteiger partial charge in [0.15, 0.2) is 0 Å². The van der Waals surface area contributed by atoms with E-state index in [0.29, 0.717) is 6.54 Å². The second-order valence-electron chi connectivity index (χ2n) is 4.69. The average molecular weight is 293 g/mol. The number of hydrogen-bond acceptors (Lipinski definition) is 4. The van der Waals surface area contributed by atoms with E-state index < -0.39 is 12.0 Å². The molecule has 3 N–H and O–H groups in total. The number of hydrogen-bond donors (Lipinski definition) is 3. The molecule has 7 heteroatoms. The van der Waals surface area contributed by atoms with Crippen molar-refractivity contribution in [3.63, 3.8) is 0 Å². The number of benzene rings is 1. The number of para-hydroxylation sites is 1. The first-order chi connectivity index (χ1) is 10.2. The fourth-order valence-corrected chi connectivity index (χ4v) is 2.10. The number of ether oxygens (including phenoxy) is 1. The Morgan fingerprint density at radius 3 is 2.67 bits per heavy atom. The van der Waals surface area contributed by atoms with Crippen molar-refractivity contribution in [1.29, 1.82) is 0 Å². The molecule has 21 heavy (non-hydrogen) atoms. The summed E-state index contributed by atoms with van der Waals surface area (Å²) in [6.07, 6.45) is 0. The van der Waals surface area contributed by atoms with Gasteiger partial charge in [-0.2, -0.15) is 0 Å². The number of carboxylic acids is 1. The summed E-state index contributed by atoms with van der Waals surface area (Å²) in [5.74, 6) is -1.07. The zero-order valence-electron chi connectivity index (χ0n) is 11.7. The Kier molecular flexibility index (Phi) is 5.53. The van der Waals surface area contributed by atoms with Crippen LogP contribution < -0.4 is 10.6 Å². The summed E-state index contributed by atoms with van der Waals surface area (Å²) >= 11 is 0. The van der Waals surface area contributed by atoms with E-state index >= 15 is 0 Å². The van der Waals surface area contributed by atoms with Gasteiger partial charge in [0.25, 0.3) is 0 Å². The average Bonchev–Trinajstić information content (AvgIpc) is 2.48. The number of nitrogens with one attached hydrogen (secondary N) is 2. The molecule has 0 unspecified atom stereocenters. The summed E-state index contributed by atoms with van der Waals surface area (Å²) in [7, 11) is 0. The maximum Gasteiger partial charge on any atom is 0.337 e. The lowest BCUT2D eigenvalue weighted by Gasteiger charge is -2.26. The number of amides is 2. The molecule has 114 valence electrons. The topological polar surface area (TPSA) is 90.9 Å². The number of carbonyl (C=O) groups is 2. The Bertz CT molecular complexity index is 501. The van der Waals surface area contributed by atoms with Crippen LogP contribution in [0, 0.1) is 0 Å². The van der Waals surface area contributed by atoms with Crippen LogP contribution in [0.5, 0.6) is 0 Å². The molecular formula is C14H19N3O4. The first-order valence-corrected chi connectivity index (χ1v) is 6.84. The van der Waals surface area contributed by atoms with Gasteiger partial charge in [-0.05, 0) is 12.1 Å². The highest BCUT2D eigenvalue weighted by Crippen LogP contribution is 2.14. The molecule has 2 amide bonds. The van der Waals surface area contributed by atoms with Gasteiger partial charge in [0.05, 0.1) is 24.5 Å². The largest absolute Gasteiger partial charge is 0.478 e. The van der Waals surface area contributed by atoms with E-state index in [2.05, 4.69) is 15.5 Å². The van der Waals surface area contributed by atoms with Crippen molar-refractivity contribution in [3.8, 4) is 0 Å². The van der Waals surface area contributed by atoms with Gasteiger partial charge in [0.2, 0.25) is 0 Å². The highest BCUT2D eigenvalue weighted by atomic mass is 16.5. The van der Waals surface area contributed by atoms with E-state index in [9.17, 15) is 9.59 Å². The van der Waals surface area contributed by atoms with E-state index in [1.54, 1.807) is 18.2 Å². The van der Waals surface area contributed by atoms with E-state index in [4.69, 9.17) is 9.84 Å². The minimum atomic E-state index is -1.07. The number of aromatic carboxylic acids is 1. The fraction of sp³-hybridized carbons (Fsp3) is 0.429. The monoisotopic (exact) mass is 293 g/mol. The fourth-order valence-electron chi connectivity index (χ4n) is 2.10. The third-order valence-corrected chi connectivity index (χ3v) is 3.22. The minimum absolute atomic E-state index is 0.0702. The van der Waals surface area contributed by atoms with Crippen molar-refractivity contribution in [1.82, 2.24) is 10.2 Å². The van der Waals surface area contributed by atoms with Crippen molar-refractivity contribution < 1.29 is 19.4 Å². The van der Waals surface area contributed by atoms with Crippen LogP contribution in [0.4, 0.5) is 10.5 Å². The molecule has 7 nitrogen and oxygen atoms in total. The van der Waals surface area contributed by atoms with Gasteiger partial charge in [-0.25, -0.2) is 9.59 Å². The maximum absolute atomic E-state index is 11.8. The van der Waals surface area contributed by atoms with Gasteiger partial charge in [-0.1, -0.05) is 12.1 Å². The standard InChI is InChI=1S/C14H19N3O4/c18-13(19)11-3-1-2-4-12(11)16-14(20)15-5-6-17-7-9-21-10-8-17/h1-4H,5-10H2,(H,18,19)(H2,15,16,20). The zero-order chi connectivity index (χ0) is 15.1. The number of carboxylic acid groups (broad SMARTS) is 1. The molecule has 1 aliphatic heterocycles. The smallest absolute Gasteiger partial charge is 0.337 e.